The Hall–Kier alpha value is -1.89. The summed E-state index contributed by atoms with van der Waals surface area (Å²) in [6, 6.07) is 6.52. The minimum atomic E-state index is -5.08. The van der Waals surface area contributed by atoms with Crippen LogP contribution in [0, 0.1) is 0 Å². The predicted molar refractivity (Wildman–Crippen MR) is 53.1 cm³/mol. The van der Waals surface area contributed by atoms with Gasteiger partial charge in [-0.1, -0.05) is 3.89 Å². The Kier molecular flexibility index (Phi) is 2.39. The van der Waals surface area contributed by atoms with Crippen molar-refractivity contribution < 1.29 is 20.9 Å². The molecule has 2 aromatic rings. The molecule has 0 unspecified atom stereocenters. The second kappa shape index (κ2) is 3.60. The van der Waals surface area contributed by atoms with Gasteiger partial charge in [0.1, 0.15) is 11.3 Å². The lowest BCUT2D eigenvalue weighted by Gasteiger charge is -2.00. The van der Waals surface area contributed by atoms with Crippen molar-refractivity contribution in [3.05, 3.63) is 40.8 Å². The molecule has 1 aromatic heterocycles. The maximum absolute atomic E-state index is 12.2. The fourth-order valence-electron chi connectivity index (χ4n) is 1.21. The highest BCUT2D eigenvalue weighted by Gasteiger charge is 2.10. The molecule has 0 spiro atoms. The Morgan fingerprint density at radius 1 is 1.19 bits per heavy atom. The summed E-state index contributed by atoms with van der Waals surface area (Å²) in [4.78, 5) is 10.9. The first-order chi connectivity index (χ1) is 7.44. The van der Waals surface area contributed by atoms with E-state index in [1.165, 1.54) is 24.3 Å². The van der Waals surface area contributed by atoms with Gasteiger partial charge in [-0.15, -0.1) is 0 Å². The van der Waals surface area contributed by atoms with Crippen LogP contribution in [0.15, 0.2) is 39.5 Å². The average molecular weight is 244 g/mol. The molecule has 0 aliphatic rings. The zero-order valence-electron chi connectivity index (χ0n) is 7.71. The molecular formula is C9H5FO5S. The number of halogens is 1. The molecule has 5 nitrogen and oxygen atoms in total. The molecule has 1 heterocycles. The van der Waals surface area contributed by atoms with Gasteiger partial charge in [0.25, 0.3) is 0 Å². The maximum atomic E-state index is 12.2. The Bertz CT molecular complexity index is 688. The number of rotatable bonds is 2. The van der Waals surface area contributed by atoms with E-state index in [2.05, 4.69) is 4.18 Å². The lowest BCUT2D eigenvalue weighted by atomic mass is 10.2. The second-order valence-electron chi connectivity index (χ2n) is 2.93. The van der Waals surface area contributed by atoms with Gasteiger partial charge in [-0.3, -0.25) is 0 Å². The van der Waals surface area contributed by atoms with Gasteiger partial charge >= 0.3 is 16.1 Å². The lowest BCUT2D eigenvalue weighted by molar-refractivity contribution is 0.440. The summed E-state index contributed by atoms with van der Waals surface area (Å²) in [5, 5.41) is 0.572. The minimum absolute atomic E-state index is 0.119. The molecule has 0 saturated carbocycles. The standard InChI is InChI=1S/C9H5FO5S/c10-16(12,13)15-7-3-1-6-2-4-9(11)14-8(6)5-7/h1-5H. The second-order valence-corrected chi connectivity index (χ2v) is 3.88. The van der Waals surface area contributed by atoms with Crippen molar-refractivity contribution in [2.75, 3.05) is 0 Å². The molecule has 16 heavy (non-hydrogen) atoms. The third kappa shape index (κ3) is 2.37. The van der Waals surface area contributed by atoms with Crippen LogP contribution in [0.2, 0.25) is 0 Å². The van der Waals surface area contributed by atoms with Crippen LogP contribution < -0.4 is 9.81 Å². The van der Waals surface area contributed by atoms with Crippen molar-refractivity contribution in [2.45, 2.75) is 0 Å². The van der Waals surface area contributed by atoms with E-state index >= 15 is 0 Å². The molecule has 84 valence electrons. The highest BCUT2D eigenvalue weighted by Crippen LogP contribution is 2.20. The Labute approximate surface area is 89.5 Å². The van der Waals surface area contributed by atoms with Crippen LogP contribution in [0.25, 0.3) is 11.0 Å². The number of hydrogen-bond donors (Lipinski definition) is 0. The first-order valence-electron chi connectivity index (χ1n) is 4.12. The molecule has 0 fully saturated rings. The quantitative estimate of drug-likeness (QED) is 0.589. The lowest BCUT2D eigenvalue weighted by Crippen LogP contribution is -2.01. The first-order valence-corrected chi connectivity index (χ1v) is 5.43. The van der Waals surface area contributed by atoms with Gasteiger partial charge < -0.3 is 8.60 Å². The van der Waals surface area contributed by atoms with Crippen molar-refractivity contribution in [2.24, 2.45) is 0 Å². The van der Waals surface area contributed by atoms with E-state index < -0.39 is 16.1 Å². The topological polar surface area (TPSA) is 73.6 Å². The number of benzene rings is 1. The maximum Gasteiger partial charge on any atom is 0.488 e. The SMILES string of the molecule is O=c1ccc2ccc(OS(=O)(=O)F)cc2o1. The summed E-state index contributed by atoms with van der Waals surface area (Å²) in [7, 11) is -5.08. The minimum Gasteiger partial charge on any atom is -0.423 e. The summed E-state index contributed by atoms with van der Waals surface area (Å²) in [5.74, 6) is -0.260. The number of fused-ring (bicyclic) bond motifs is 1. The molecule has 0 aliphatic carbocycles. The largest absolute Gasteiger partial charge is 0.488 e. The zero-order chi connectivity index (χ0) is 11.8. The van der Waals surface area contributed by atoms with E-state index in [4.69, 9.17) is 4.42 Å². The monoisotopic (exact) mass is 244 g/mol. The smallest absolute Gasteiger partial charge is 0.423 e. The number of hydrogen-bond acceptors (Lipinski definition) is 5. The van der Waals surface area contributed by atoms with Gasteiger partial charge in [-0.2, -0.15) is 8.42 Å². The van der Waals surface area contributed by atoms with Crippen LogP contribution in [-0.2, 0) is 10.5 Å². The van der Waals surface area contributed by atoms with Crippen molar-refractivity contribution in [3.63, 3.8) is 0 Å². The molecule has 0 radical (unpaired) electrons. The van der Waals surface area contributed by atoms with Gasteiger partial charge in [0.2, 0.25) is 0 Å². The molecule has 0 aliphatic heterocycles. The molecule has 2 rings (SSSR count). The van der Waals surface area contributed by atoms with Crippen molar-refractivity contribution in [1.82, 2.24) is 0 Å². The molecular weight excluding hydrogens is 239 g/mol. The summed E-state index contributed by atoms with van der Waals surface area (Å²) in [6.45, 7) is 0. The van der Waals surface area contributed by atoms with E-state index in [1.54, 1.807) is 0 Å². The highest BCUT2D eigenvalue weighted by molar-refractivity contribution is 7.81. The summed E-state index contributed by atoms with van der Waals surface area (Å²) < 4.78 is 41.4. The van der Waals surface area contributed by atoms with E-state index in [9.17, 15) is 17.1 Å². The Balaban J connectivity index is 2.55. The third-order valence-electron chi connectivity index (χ3n) is 1.79. The van der Waals surface area contributed by atoms with Crippen LogP contribution in [0.4, 0.5) is 3.89 Å². The molecule has 1 aromatic carbocycles. The van der Waals surface area contributed by atoms with Gasteiger partial charge in [-0.25, -0.2) is 4.79 Å². The van der Waals surface area contributed by atoms with Crippen LogP contribution in [0.3, 0.4) is 0 Å². The molecule has 0 amide bonds. The van der Waals surface area contributed by atoms with Crippen molar-refractivity contribution in [3.8, 4) is 5.75 Å². The fraction of sp³-hybridized carbons (Fsp3) is 0. The van der Waals surface area contributed by atoms with Crippen molar-refractivity contribution in [1.29, 1.82) is 0 Å². The van der Waals surface area contributed by atoms with E-state index in [1.807, 2.05) is 0 Å². The molecule has 7 heteroatoms. The normalized spacial score (nSPS) is 11.6. The molecule has 0 atom stereocenters. The molecule has 0 bridgehead atoms. The first kappa shape index (κ1) is 10.6. The van der Waals surface area contributed by atoms with Crippen LogP contribution in [0.5, 0.6) is 5.75 Å². The van der Waals surface area contributed by atoms with Gasteiger partial charge in [0, 0.05) is 17.5 Å². The van der Waals surface area contributed by atoms with E-state index in [0.717, 1.165) is 6.07 Å². The zero-order valence-corrected chi connectivity index (χ0v) is 8.53. The summed E-state index contributed by atoms with van der Waals surface area (Å²) in [5.41, 5.74) is -0.471. The van der Waals surface area contributed by atoms with E-state index in [0.29, 0.717) is 5.39 Å². The average Bonchev–Trinajstić information content (AvgIpc) is 2.14. The molecule has 0 N–H and O–H groups in total. The Morgan fingerprint density at radius 3 is 2.56 bits per heavy atom. The predicted octanol–water partition coefficient (Wildman–Crippen LogP) is 1.39. The van der Waals surface area contributed by atoms with Gasteiger partial charge in [0.15, 0.2) is 0 Å². The summed E-state index contributed by atoms with van der Waals surface area (Å²) in [6.07, 6.45) is 0. The highest BCUT2D eigenvalue weighted by atomic mass is 32.3. The van der Waals surface area contributed by atoms with Crippen LogP contribution >= 0.6 is 0 Å². The van der Waals surface area contributed by atoms with Crippen molar-refractivity contribution >= 4 is 21.5 Å². The Morgan fingerprint density at radius 2 is 1.88 bits per heavy atom. The third-order valence-corrected chi connectivity index (χ3v) is 2.18. The van der Waals surface area contributed by atoms with Gasteiger partial charge in [-0.05, 0) is 18.2 Å². The summed E-state index contributed by atoms with van der Waals surface area (Å²) >= 11 is 0. The van der Waals surface area contributed by atoms with Crippen LogP contribution in [0.1, 0.15) is 0 Å². The van der Waals surface area contributed by atoms with Gasteiger partial charge in [0.05, 0.1) is 0 Å². The van der Waals surface area contributed by atoms with E-state index in [-0.39, 0.29) is 11.3 Å². The molecule has 0 saturated heterocycles. The van der Waals surface area contributed by atoms with Crippen LogP contribution in [-0.4, -0.2) is 8.42 Å². The fourth-order valence-corrected chi connectivity index (χ4v) is 1.54.